The summed E-state index contributed by atoms with van der Waals surface area (Å²) in [6.45, 7) is 0. The molecule has 0 atom stereocenters. The van der Waals surface area contributed by atoms with E-state index in [4.69, 9.17) is 10.2 Å². The summed E-state index contributed by atoms with van der Waals surface area (Å²) in [5.74, 6) is 0. The van der Waals surface area contributed by atoms with Crippen molar-refractivity contribution in [2.45, 2.75) is 51.4 Å². The molecule has 0 amide bonds. The third-order valence-corrected chi connectivity index (χ3v) is 2.67. The summed E-state index contributed by atoms with van der Waals surface area (Å²) in [6, 6.07) is 0. The smallest absolute Gasteiger partial charge is 0.0319 e. The largest absolute Gasteiger partial charge is 0.400 e. The van der Waals surface area contributed by atoms with E-state index in [0.717, 1.165) is 14.2 Å². The second-order valence-electron chi connectivity index (χ2n) is 4.20. The predicted molar refractivity (Wildman–Crippen MR) is 87.6 cm³/mol. The summed E-state index contributed by atoms with van der Waals surface area (Å²) >= 11 is 0. The van der Waals surface area contributed by atoms with E-state index in [9.17, 15) is 0 Å². The summed E-state index contributed by atoms with van der Waals surface area (Å²) in [5.41, 5.74) is 0. The number of hydrogen-bond donors (Lipinski definition) is 2. The molecular weight excluding hydrogens is 633 g/mol. The summed E-state index contributed by atoms with van der Waals surface area (Å²) in [4.78, 5) is 0. The Morgan fingerprint density at radius 3 is 0.545 bits per heavy atom. The number of aliphatic hydroxyl groups is 2. The molecule has 22 heavy (non-hydrogen) atoms. The number of aliphatic hydroxyl groups excluding tert-OH is 2. The molecule has 2 aliphatic rings. The van der Waals surface area contributed by atoms with Crippen LogP contribution in [-0.2, 0) is 40.2 Å². The minimum Gasteiger partial charge on any atom is -0.400 e. The summed E-state index contributed by atoms with van der Waals surface area (Å²) < 4.78 is 0. The molecule has 10 radical (unpaired) electrons. The van der Waals surface area contributed by atoms with Gasteiger partial charge in [0.1, 0.15) is 0 Å². The molecule has 2 nitrogen and oxygen atoms in total. The fourth-order valence-corrected chi connectivity index (χ4v) is 1.71. The van der Waals surface area contributed by atoms with Crippen molar-refractivity contribution < 1.29 is 50.4 Å². The van der Waals surface area contributed by atoms with Crippen LogP contribution in [0.3, 0.4) is 0 Å². The zero-order valence-electron chi connectivity index (χ0n) is 13.8. The average molecular weight is 665 g/mol. The number of hydrogen-bond acceptors (Lipinski definition) is 2. The molecule has 2 aliphatic carbocycles. The van der Waals surface area contributed by atoms with Gasteiger partial charge in [0.15, 0.2) is 0 Å². The first-order valence-corrected chi connectivity index (χ1v) is 7.49. The zero-order valence-corrected chi connectivity index (χ0v) is 18.6. The van der Waals surface area contributed by atoms with Crippen LogP contribution in [0, 0.1) is 51.4 Å². The topological polar surface area (TPSA) is 40.5 Å². The molecule has 2 N–H and O–H groups in total. The van der Waals surface area contributed by atoms with E-state index in [1.807, 2.05) is 0 Å². The molecule has 2 saturated carbocycles. The van der Waals surface area contributed by atoms with Crippen molar-refractivity contribution in [1.29, 1.82) is 0 Å². The van der Waals surface area contributed by atoms with Crippen LogP contribution in [0.4, 0.5) is 0 Å². The Bertz CT molecular complexity index is 83.0. The van der Waals surface area contributed by atoms with Gasteiger partial charge in [-0.25, -0.2) is 0 Å². The fraction of sp³-hybridized carbons (Fsp3) is 0.556. The van der Waals surface area contributed by atoms with Crippen LogP contribution in [-0.4, -0.2) is 24.4 Å². The maximum absolute atomic E-state index is 7.00. The molecule has 0 aromatic carbocycles. The predicted octanol–water partition coefficient (Wildman–Crippen LogP) is 3.97. The zero-order chi connectivity index (χ0) is 15.3. The summed E-state index contributed by atoms with van der Waals surface area (Å²) in [7, 11) is 2.00. The van der Waals surface area contributed by atoms with Crippen LogP contribution in [0.15, 0.2) is 0 Å². The van der Waals surface area contributed by atoms with Crippen molar-refractivity contribution in [2.75, 3.05) is 14.2 Å². The van der Waals surface area contributed by atoms with Gasteiger partial charge >= 0.3 is 0 Å². The van der Waals surface area contributed by atoms with Crippen LogP contribution < -0.4 is 0 Å². The molecule has 0 aromatic rings. The van der Waals surface area contributed by atoms with E-state index in [-0.39, 0.29) is 40.2 Å². The van der Waals surface area contributed by atoms with E-state index >= 15 is 0 Å². The van der Waals surface area contributed by atoms with Crippen LogP contribution in [0.25, 0.3) is 0 Å². The van der Waals surface area contributed by atoms with Gasteiger partial charge in [-0.05, 0) is 103 Å². The first-order chi connectivity index (χ1) is 10.0. The van der Waals surface area contributed by atoms with Gasteiger partial charge in [-0.1, -0.05) is 0 Å². The molecular formula is C18H32Ir2O2. The molecule has 0 bridgehead atoms. The van der Waals surface area contributed by atoms with Crippen LogP contribution in [0.2, 0.25) is 0 Å². The molecule has 0 aromatic heterocycles. The molecule has 0 saturated heterocycles. The van der Waals surface area contributed by atoms with Crippen LogP contribution in [0.1, 0.15) is 51.4 Å². The third-order valence-electron chi connectivity index (χ3n) is 2.67. The first-order valence-electron chi connectivity index (χ1n) is 7.49. The van der Waals surface area contributed by atoms with E-state index < -0.39 is 0 Å². The van der Waals surface area contributed by atoms with Crippen molar-refractivity contribution in [3.8, 4) is 0 Å². The Kier molecular flexibility index (Phi) is 47.6. The van der Waals surface area contributed by atoms with Crippen molar-refractivity contribution >= 4 is 0 Å². The standard InChI is InChI=1S/2C8H12.2CH4O.2Ir/c2*1-2-4-6-8-7-5-3-1;2*1-2;;/h2*1-2,7-8H,3-6H2;2*2H,1H3;;. The Morgan fingerprint density at radius 2 is 0.455 bits per heavy atom. The van der Waals surface area contributed by atoms with Gasteiger partial charge in [0.25, 0.3) is 0 Å². The molecule has 0 aliphatic heterocycles. The van der Waals surface area contributed by atoms with E-state index in [2.05, 4.69) is 51.4 Å². The van der Waals surface area contributed by atoms with Crippen molar-refractivity contribution in [1.82, 2.24) is 0 Å². The quantitative estimate of drug-likeness (QED) is 0.412. The minimum absolute atomic E-state index is 0. The second kappa shape index (κ2) is 33.7. The molecule has 2 rings (SSSR count). The molecule has 0 spiro atoms. The maximum Gasteiger partial charge on any atom is 0.0319 e. The first kappa shape index (κ1) is 31.0. The third kappa shape index (κ3) is 29.3. The second-order valence-corrected chi connectivity index (χ2v) is 4.20. The number of rotatable bonds is 0. The average Bonchev–Trinajstić information content (AvgIpc) is 2.42. The van der Waals surface area contributed by atoms with Crippen molar-refractivity contribution in [2.24, 2.45) is 0 Å². The van der Waals surface area contributed by atoms with Gasteiger partial charge in [-0.15, -0.1) is 0 Å². The van der Waals surface area contributed by atoms with Gasteiger partial charge in [0.05, 0.1) is 0 Å². The van der Waals surface area contributed by atoms with E-state index in [0.29, 0.717) is 0 Å². The Morgan fingerprint density at radius 1 is 0.364 bits per heavy atom. The van der Waals surface area contributed by atoms with Crippen LogP contribution >= 0.6 is 0 Å². The van der Waals surface area contributed by atoms with Gasteiger partial charge in [-0.2, -0.15) is 0 Å². The summed E-state index contributed by atoms with van der Waals surface area (Å²) in [5, 5.41) is 14.0. The van der Waals surface area contributed by atoms with Gasteiger partial charge in [-0.3, -0.25) is 0 Å². The molecule has 2 fully saturated rings. The van der Waals surface area contributed by atoms with Gasteiger partial charge < -0.3 is 10.2 Å². The summed E-state index contributed by atoms with van der Waals surface area (Å²) in [6.07, 6.45) is 28.0. The normalized spacial score (nSPS) is 18.0. The Labute approximate surface area is 166 Å². The Balaban J connectivity index is -0.000000112. The fourth-order valence-electron chi connectivity index (χ4n) is 1.71. The van der Waals surface area contributed by atoms with E-state index in [1.54, 1.807) is 0 Å². The van der Waals surface area contributed by atoms with Gasteiger partial charge in [0.2, 0.25) is 0 Å². The van der Waals surface area contributed by atoms with Gasteiger partial charge in [0, 0.05) is 54.4 Å². The molecule has 0 heterocycles. The maximum atomic E-state index is 7.00. The molecule has 0 unspecified atom stereocenters. The van der Waals surface area contributed by atoms with Crippen LogP contribution in [0.5, 0.6) is 0 Å². The van der Waals surface area contributed by atoms with Crippen molar-refractivity contribution in [3.63, 3.8) is 0 Å². The minimum atomic E-state index is 0. The van der Waals surface area contributed by atoms with Crippen molar-refractivity contribution in [3.05, 3.63) is 51.4 Å². The SMILES string of the molecule is CO.CO.[CH]1[CH]CC[CH][CH]CC1.[CH]1[CH]CC[CH][CH]CC1.[Ir].[Ir]. The Hall–Kier alpha value is 1.22. The molecule has 134 valence electrons. The molecule has 4 heteroatoms. The van der Waals surface area contributed by atoms with E-state index in [1.165, 1.54) is 51.4 Å². The monoisotopic (exact) mass is 666 g/mol.